The lowest BCUT2D eigenvalue weighted by atomic mass is 10.1. The van der Waals surface area contributed by atoms with E-state index < -0.39 is 4.92 Å². The maximum atomic E-state index is 10.3. The van der Waals surface area contributed by atoms with E-state index in [1.165, 1.54) is 20.3 Å². The van der Waals surface area contributed by atoms with Gasteiger partial charge in [-0.2, -0.15) is 0 Å². The quantitative estimate of drug-likeness (QED) is 0.621. The first-order valence-corrected chi connectivity index (χ1v) is 4.79. The molecule has 6 nitrogen and oxygen atoms in total. The second-order valence-corrected chi connectivity index (χ2v) is 3.17. The van der Waals surface area contributed by atoms with Crippen molar-refractivity contribution in [3.63, 3.8) is 0 Å². The molecule has 0 aliphatic heterocycles. The molecule has 1 N–H and O–H groups in total. The van der Waals surface area contributed by atoms with Crippen molar-refractivity contribution in [1.29, 1.82) is 0 Å². The molecule has 0 heterocycles. The second kappa shape index (κ2) is 5.86. The molecule has 0 saturated carbocycles. The van der Waals surface area contributed by atoms with Gasteiger partial charge in [0.1, 0.15) is 11.5 Å². The fourth-order valence-electron chi connectivity index (χ4n) is 1.38. The lowest BCUT2D eigenvalue weighted by Gasteiger charge is -2.11. The van der Waals surface area contributed by atoms with Crippen molar-refractivity contribution >= 4 is 6.08 Å². The molecule has 0 aromatic heterocycles. The Morgan fingerprint density at radius 1 is 1.35 bits per heavy atom. The highest BCUT2D eigenvalue weighted by Crippen LogP contribution is 2.29. The monoisotopic (exact) mass is 239 g/mol. The Labute approximate surface area is 98.2 Å². The molecule has 1 rings (SSSR count). The summed E-state index contributed by atoms with van der Waals surface area (Å²) < 4.78 is 10.1. The molecule has 0 aliphatic carbocycles. The van der Waals surface area contributed by atoms with Crippen LogP contribution in [0.2, 0.25) is 0 Å². The number of aliphatic hydroxyl groups is 1. The van der Waals surface area contributed by atoms with Crippen LogP contribution in [0.1, 0.15) is 11.1 Å². The minimum absolute atomic E-state index is 0.196. The third-order valence-corrected chi connectivity index (χ3v) is 2.18. The Balaban J connectivity index is 3.23. The van der Waals surface area contributed by atoms with E-state index in [1.54, 1.807) is 12.1 Å². The topological polar surface area (TPSA) is 81.8 Å². The number of benzene rings is 1. The molecule has 17 heavy (non-hydrogen) atoms. The smallest absolute Gasteiger partial charge is 0.235 e. The number of nitrogens with zero attached hydrogens (tertiary/aromatic N) is 1. The van der Waals surface area contributed by atoms with Crippen molar-refractivity contribution in [3.8, 4) is 11.5 Å². The van der Waals surface area contributed by atoms with E-state index >= 15 is 0 Å². The van der Waals surface area contributed by atoms with Gasteiger partial charge in [0.2, 0.25) is 6.20 Å². The number of hydrogen-bond donors (Lipinski definition) is 1. The highest BCUT2D eigenvalue weighted by atomic mass is 16.6. The molecule has 0 amide bonds. The van der Waals surface area contributed by atoms with Crippen molar-refractivity contribution < 1.29 is 19.5 Å². The predicted molar refractivity (Wildman–Crippen MR) is 61.5 cm³/mol. The lowest BCUT2D eigenvalue weighted by Crippen LogP contribution is -1.96. The van der Waals surface area contributed by atoms with Gasteiger partial charge in [0.15, 0.2) is 0 Å². The standard InChI is InChI=1S/C11H13NO5/c1-16-10-6-9(7-13)11(17-2)5-8(10)3-4-12(14)15/h3-6,13H,7H2,1-2H3/b4-3+. The van der Waals surface area contributed by atoms with Gasteiger partial charge in [-0.25, -0.2) is 0 Å². The summed E-state index contributed by atoms with van der Waals surface area (Å²) in [5.74, 6) is 0.893. The van der Waals surface area contributed by atoms with E-state index in [0.717, 1.165) is 6.20 Å². The van der Waals surface area contributed by atoms with Crippen LogP contribution in [-0.2, 0) is 6.61 Å². The molecule has 0 unspecified atom stereocenters. The molecule has 6 heteroatoms. The fourth-order valence-corrected chi connectivity index (χ4v) is 1.38. The van der Waals surface area contributed by atoms with E-state index in [-0.39, 0.29) is 6.61 Å². The summed E-state index contributed by atoms with van der Waals surface area (Å²) in [5.41, 5.74) is 1.07. The molecule has 1 aromatic carbocycles. The van der Waals surface area contributed by atoms with E-state index in [9.17, 15) is 10.1 Å². The number of nitro groups is 1. The average molecular weight is 239 g/mol. The number of methoxy groups -OCH3 is 2. The second-order valence-electron chi connectivity index (χ2n) is 3.17. The van der Waals surface area contributed by atoms with Crippen molar-refractivity contribution in [2.45, 2.75) is 6.61 Å². The molecule has 0 radical (unpaired) electrons. The summed E-state index contributed by atoms with van der Waals surface area (Å²) in [6.07, 6.45) is 2.12. The van der Waals surface area contributed by atoms with Crippen LogP contribution >= 0.6 is 0 Å². The van der Waals surface area contributed by atoms with Gasteiger partial charge in [0.05, 0.1) is 25.7 Å². The van der Waals surface area contributed by atoms with Crippen LogP contribution in [0.15, 0.2) is 18.3 Å². The van der Waals surface area contributed by atoms with Gasteiger partial charge in [-0.1, -0.05) is 0 Å². The number of hydrogen-bond acceptors (Lipinski definition) is 5. The summed E-state index contributed by atoms with van der Waals surface area (Å²) in [7, 11) is 2.91. The van der Waals surface area contributed by atoms with Gasteiger partial charge in [0.25, 0.3) is 0 Å². The lowest BCUT2D eigenvalue weighted by molar-refractivity contribution is -0.400. The van der Waals surface area contributed by atoms with E-state index in [1.807, 2.05) is 0 Å². The maximum absolute atomic E-state index is 10.3. The molecular weight excluding hydrogens is 226 g/mol. The summed E-state index contributed by atoms with van der Waals surface area (Å²) in [6, 6.07) is 3.16. The highest BCUT2D eigenvalue weighted by molar-refractivity contribution is 5.61. The Kier molecular flexibility index (Phi) is 4.47. The molecule has 0 aliphatic rings. The Morgan fingerprint density at radius 2 is 2.00 bits per heavy atom. The van der Waals surface area contributed by atoms with Crippen molar-refractivity contribution in [1.82, 2.24) is 0 Å². The zero-order valence-electron chi connectivity index (χ0n) is 9.54. The van der Waals surface area contributed by atoms with E-state index in [0.29, 0.717) is 22.6 Å². The summed E-state index contributed by atoms with van der Waals surface area (Å²) >= 11 is 0. The maximum Gasteiger partial charge on any atom is 0.235 e. The van der Waals surface area contributed by atoms with Crippen LogP contribution in [0.25, 0.3) is 6.08 Å². The molecule has 92 valence electrons. The number of aliphatic hydroxyl groups excluding tert-OH is 1. The largest absolute Gasteiger partial charge is 0.496 e. The average Bonchev–Trinajstić information content (AvgIpc) is 2.34. The zero-order valence-corrected chi connectivity index (χ0v) is 9.54. The summed E-state index contributed by atoms with van der Waals surface area (Å²) in [6.45, 7) is -0.196. The van der Waals surface area contributed by atoms with Gasteiger partial charge in [-0.3, -0.25) is 10.1 Å². The van der Waals surface area contributed by atoms with Crippen LogP contribution in [-0.4, -0.2) is 24.2 Å². The van der Waals surface area contributed by atoms with Gasteiger partial charge in [-0.05, 0) is 12.1 Å². The van der Waals surface area contributed by atoms with Crippen molar-refractivity contribution in [3.05, 3.63) is 39.6 Å². The minimum Gasteiger partial charge on any atom is -0.496 e. The van der Waals surface area contributed by atoms with Crippen LogP contribution in [0, 0.1) is 10.1 Å². The Morgan fingerprint density at radius 3 is 2.47 bits per heavy atom. The van der Waals surface area contributed by atoms with Crippen molar-refractivity contribution in [2.75, 3.05) is 14.2 Å². The van der Waals surface area contributed by atoms with Crippen LogP contribution in [0.3, 0.4) is 0 Å². The van der Waals surface area contributed by atoms with Gasteiger partial charge >= 0.3 is 0 Å². The summed E-state index contributed by atoms with van der Waals surface area (Å²) in [5, 5.41) is 19.4. The van der Waals surface area contributed by atoms with E-state index in [2.05, 4.69) is 0 Å². The van der Waals surface area contributed by atoms with Gasteiger partial charge < -0.3 is 14.6 Å². The Hall–Kier alpha value is -2.08. The zero-order chi connectivity index (χ0) is 12.8. The van der Waals surface area contributed by atoms with E-state index in [4.69, 9.17) is 14.6 Å². The van der Waals surface area contributed by atoms with Gasteiger partial charge in [0, 0.05) is 17.2 Å². The summed E-state index contributed by atoms with van der Waals surface area (Å²) in [4.78, 5) is 9.69. The number of ether oxygens (including phenoxy) is 2. The van der Waals surface area contributed by atoms with Crippen LogP contribution < -0.4 is 9.47 Å². The third-order valence-electron chi connectivity index (χ3n) is 2.18. The molecule has 0 fully saturated rings. The molecule has 0 atom stereocenters. The van der Waals surface area contributed by atoms with Crippen LogP contribution in [0.5, 0.6) is 11.5 Å². The normalized spacial score (nSPS) is 10.5. The van der Waals surface area contributed by atoms with Crippen LogP contribution in [0.4, 0.5) is 0 Å². The highest BCUT2D eigenvalue weighted by Gasteiger charge is 2.09. The fraction of sp³-hybridized carbons (Fsp3) is 0.273. The number of rotatable bonds is 5. The molecular formula is C11H13NO5. The third kappa shape index (κ3) is 3.18. The Bertz CT molecular complexity index is 442. The first-order valence-electron chi connectivity index (χ1n) is 4.79. The molecule has 0 saturated heterocycles. The van der Waals surface area contributed by atoms with Crippen molar-refractivity contribution in [2.24, 2.45) is 0 Å². The molecule has 1 aromatic rings. The SMILES string of the molecule is COc1cc(CO)c(OC)cc1/C=C/[N+](=O)[O-]. The minimum atomic E-state index is -0.564. The van der Waals surface area contributed by atoms with Gasteiger partial charge in [-0.15, -0.1) is 0 Å². The molecule has 0 spiro atoms. The first kappa shape index (κ1) is 13.0. The predicted octanol–water partition coefficient (Wildman–Crippen LogP) is 1.44. The first-order chi connectivity index (χ1) is 8.12. The molecule has 0 bridgehead atoms.